The van der Waals surface area contributed by atoms with Crippen molar-refractivity contribution in [2.45, 2.75) is 51.7 Å². The number of nitrogens with zero attached hydrogens (tertiary/aromatic N) is 2. The molecule has 0 bridgehead atoms. The Morgan fingerprint density at radius 1 is 1.14 bits per heavy atom. The van der Waals surface area contributed by atoms with Gasteiger partial charge in [0.25, 0.3) is 11.7 Å². The minimum atomic E-state index is -4.28. The molecule has 1 aliphatic carbocycles. The van der Waals surface area contributed by atoms with E-state index in [-0.39, 0.29) is 18.4 Å². The fraction of sp³-hybridized carbons (Fsp3) is 0.450. The highest BCUT2D eigenvalue weighted by molar-refractivity contribution is 6.43. The molecule has 1 saturated carbocycles. The lowest BCUT2D eigenvalue weighted by atomic mass is 9.85. The van der Waals surface area contributed by atoms with E-state index >= 15 is 0 Å². The summed E-state index contributed by atoms with van der Waals surface area (Å²) in [6, 6.07) is 8.52. The minimum absolute atomic E-state index is 0.0614. The molecule has 1 heterocycles. The Bertz CT molecular complexity index is 875. The molecule has 2 atom stereocenters. The standard InChI is InChI=1S/C20H22F3N3O2/c1-12-17(13(2)26(25-12)16-9-4-3-5-10-16)18(27)19(28)24-15-8-6-7-14(11-15)20(21,22)23/h3-5,9-10,14-15H,6-8,11H2,1-2H3,(H,24,28)/t14-,15+/m1/s1. The first-order valence-electron chi connectivity index (χ1n) is 9.22. The molecule has 8 heteroatoms. The molecule has 0 aliphatic heterocycles. The summed E-state index contributed by atoms with van der Waals surface area (Å²) >= 11 is 0. The highest BCUT2D eigenvalue weighted by Gasteiger charge is 2.42. The van der Waals surface area contributed by atoms with Crippen LogP contribution >= 0.6 is 0 Å². The van der Waals surface area contributed by atoms with Crippen molar-refractivity contribution in [1.82, 2.24) is 15.1 Å². The molecule has 1 aromatic heterocycles. The van der Waals surface area contributed by atoms with E-state index in [0.717, 1.165) is 5.69 Å². The van der Waals surface area contributed by atoms with Gasteiger partial charge in [-0.05, 0) is 45.2 Å². The fourth-order valence-electron chi connectivity index (χ4n) is 3.77. The smallest absolute Gasteiger partial charge is 0.346 e. The maximum absolute atomic E-state index is 13.0. The Kier molecular flexibility index (Phi) is 5.58. The van der Waals surface area contributed by atoms with Crippen molar-refractivity contribution in [2.24, 2.45) is 5.92 Å². The summed E-state index contributed by atoms with van der Waals surface area (Å²) in [6.45, 7) is 3.32. The third kappa shape index (κ3) is 4.10. The second-order valence-corrected chi connectivity index (χ2v) is 7.20. The number of nitrogens with one attached hydrogen (secondary N) is 1. The lowest BCUT2D eigenvalue weighted by Crippen LogP contribution is -2.44. The molecule has 0 spiro atoms. The minimum Gasteiger partial charge on any atom is -0.346 e. The Morgan fingerprint density at radius 3 is 2.46 bits per heavy atom. The summed E-state index contributed by atoms with van der Waals surface area (Å²) in [4.78, 5) is 25.1. The van der Waals surface area contributed by atoms with E-state index in [1.807, 2.05) is 30.3 Å². The zero-order valence-electron chi connectivity index (χ0n) is 15.7. The number of hydrogen-bond acceptors (Lipinski definition) is 3. The molecule has 0 radical (unpaired) electrons. The molecule has 1 aliphatic rings. The first-order chi connectivity index (χ1) is 13.2. The zero-order chi connectivity index (χ0) is 20.5. The number of rotatable bonds is 4. The summed E-state index contributed by atoms with van der Waals surface area (Å²) in [6.07, 6.45) is -3.60. The van der Waals surface area contributed by atoms with Gasteiger partial charge in [0.1, 0.15) is 0 Å². The molecule has 0 saturated heterocycles. The quantitative estimate of drug-likeness (QED) is 0.633. The topological polar surface area (TPSA) is 64.0 Å². The van der Waals surface area contributed by atoms with Crippen LogP contribution in [0.3, 0.4) is 0 Å². The summed E-state index contributed by atoms with van der Waals surface area (Å²) < 4.78 is 40.4. The molecule has 150 valence electrons. The lowest BCUT2D eigenvalue weighted by molar-refractivity contribution is -0.183. The van der Waals surface area contributed by atoms with Gasteiger partial charge in [-0.1, -0.05) is 24.6 Å². The van der Waals surface area contributed by atoms with Crippen molar-refractivity contribution in [2.75, 3.05) is 0 Å². The number of Topliss-reactive ketones (excluding diaryl/α,β-unsaturated/α-hetero) is 1. The number of carbonyl (C=O) groups is 2. The van der Waals surface area contributed by atoms with Crippen molar-refractivity contribution >= 4 is 11.7 Å². The number of hydrogen-bond donors (Lipinski definition) is 1. The number of aromatic nitrogens is 2. The number of benzene rings is 1. The molecule has 1 amide bonds. The van der Waals surface area contributed by atoms with Gasteiger partial charge in [0, 0.05) is 6.04 Å². The molecule has 1 N–H and O–H groups in total. The third-order valence-electron chi connectivity index (χ3n) is 5.20. The predicted molar refractivity (Wildman–Crippen MR) is 97.3 cm³/mol. The number of para-hydroxylation sites is 1. The van der Waals surface area contributed by atoms with Gasteiger partial charge in [0.2, 0.25) is 0 Å². The van der Waals surface area contributed by atoms with Crippen LogP contribution in [0.25, 0.3) is 5.69 Å². The van der Waals surface area contributed by atoms with E-state index in [1.54, 1.807) is 18.5 Å². The van der Waals surface area contributed by atoms with Crippen LogP contribution in [0, 0.1) is 19.8 Å². The molecular formula is C20H22F3N3O2. The summed E-state index contributed by atoms with van der Waals surface area (Å²) in [5.74, 6) is -3.09. The zero-order valence-corrected chi connectivity index (χ0v) is 15.7. The molecule has 5 nitrogen and oxygen atoms in total. The number of aryl methyl sites for hydroxylation is 1. The van der Waals surface area contributed by atoms with Crippen molar-refractivity contribution in [3.05, 3.63) is 47.3 Å². The highest BCUT2D eigenvalue weighted by atomic mass is 19.4. The number of halogens is 3. The van der Waals surface area contributed by atoms with Crippen molar-refractivity contribution in [3.8, 4) is 5.69 Å². The number of alkyl halides is 3. The van der Waals surface area contributed by atoms with Crippen molar-refractivity contribution in [3.63, 3.8) is 0 Å². The largest absolute Gasteiger partial charge is 0.391 e. The maximum atomic E-state index is 13.0. The van der Waals surface area contributed by atoms with E-state index in [1.165, 1.54) is 0 Å². The van der Waals surface area contributed by atoms with Crippen LogP contribution in [0.4, 0.5) is 13.2 Å². The molecule has 0 unspecified atom stereocenters. The molecule has 1 aromatic carbocycles. The van der Waals surface area contributed by atoms with Crippen LogP contribution in [0.2, 0.25) is 0 Å². The van der Waals surface area contributed by atoms with Crippen molar-refractivity contribution in [1.29, 1.82) is 0 Å². The third-order valence-corrected chi connectivity index (χ3v) is 5.20. The van der Waals surface area contributed by atoms with Gasteiger partial charge < -0.3 is 5.32 Å². The maximum Gasteiger partial charge on any atom is 0.391 e. The van der Waals surface area contributed by atoms with Crippen LogP contribution < -0.4 is 5.32 Å². The number of amides is 1. The molecular weight excluding hydrogens is 371 g/mol. The Balaban J connectivity index is 1.75. The number of ketones is 1. The van der Waals surface area contributed by atoms with Gasteiger partial charge in [-0.15, -0.1) is 0 Å². The van der Waals surface area contributed by atoms with Gasteiger partial charge in [-0.3, -0.25) is 9.59 Å². The highest BCUT2D eigenvalue weighted by Crippen LogP contribution is 2.37. The molecule has 28 heavy (non-hydrogen) atoms. The fourth-order valence-corrected chi connectivity index (χ4v) is 3.77. The first-order valence-corrected chi connectivity index (χ1v) is 9.22. The first kappa shape index (κ1) is 20.1. The van der Waals surface area contributed by atoms with Gasteiger partial charge in [-0.2, -0.15) is 18.3 Å². The normalized spacial score (nSPS) is 20.0. The van der Waals surface area contributed by atoms with E-state index in [9.17, 15) is 22.8 Å². The second-order valence-electron chi connectivity index (χ2n) is 7.20. The van der Waals surface area contributed by atoms with Gasteiger partial charge in [0.05, 0.1) is 28.6 Å². The molecule has 3 rings (SSSR count). The van der Waals surface area contributed by atoms with Gasteiger partial charge in [0.15, 0.2) is 0 Å². The molecule has 1 fully saturated rings. The predicted octanol–water partition coefficient (Wildman–Crippen LogP) is 3.91. The average molecular weight is 393 g/mol. The Hall–Kier alpha value is -2.64. The van der Waals surface area contributed by atoms with E-state index in [0.29, 0.717) is 24.2 Å². The Labute approximate surface area is 160 Å². The van der Waals surface area contributed by atoms with Gasteiger partial charge in [-0.25, -0.2) is 4.68 Å². The van der Waals surface area contributed by atoms with Crippen LogP contribution in [0.1, 0.15) is 47.4 Å². The SMILES string of the molecule is Cc1nn(-c2ccccc2)c(C)c1C(=O)C(=O)N[C@H]1CCC[C@@H](C(F)(F)F)C1. The summed E-state index contributed by atoms with van der Waals surface area (Å²) in [5.41, 5.74) is 1.85. The van der Waals surface area contributed by atoms with Crippen LogP contribution in [-0.2, 0) is 4.79 Å². The number of carbonyl (C=O) groups excluding carboxylic acids is 2. The Morgan fingerprint density at radius 2 is 1.82 bits per heavy atom. The van der Waals surface area contributed by atoms with E-state index < -0.39 is 29.8 Å². The summed E-state index contributed by atoms with van der Waals surface area (Å²) in [7, 11) is 0. The summed E-state index contributed by atoms with van der Waals surface area (Å²) in [5, 5.41) is 6.84. The van der Waals surface area contributed by atoms with E-state index in [2.05, 4.69) is 10.4 Å². The van der Waals surface area contributed by atoms with Crippen LogP contribution in [0.5, 0.6) is 0 Å². The van der Waals surface area contributed by atoms with Crippen LogP contribution in [0.15, 0.2) is 30.3 Å². The second kappa shape index (κ2) is 7.77. The lowest BCUT2D eigenvalue weighted by Gasteiger charge is -2.30. The molecule has 2 aromatic rings. The monoisotopic (exact) mass is 393 g/mol. The van der Waals surface area contributed by atoms with Crippen molar-refractivity contribution < 1.29 is 22.8 Å². The van der Waals surface area contributed by atoms with Gasteiger partial charge >= 0.3 is 6.18 Å². The average Bonchev–Trinajstić information content (AvgIpc) is 2.95. The van der Waals surface area contributed by atoms with E-state index in [4.69, 9.17) is 0 Å². The van der Waals surface area contributed by atoms with Crippen LogP contribution in [-0.4, -0.2) is 33.7 Å².